The van der Waals surface area contributed by atoms with Crippen LogP contribution in [0, 0.1) is 11.5 Å². The predicted octanol–water partition coefficient (Wildman–Crippen LogP) is 8.50. The maximum atomic E-state index is 4.89. The zero-order valence-electron chi connectivity index (χ0n) is 21.4. The monoisotopic (exact) mass is 495 g/mol. The highest BCUT2D eigenvalue weighted by atomic mass is 32.1. The third kappa shape index (κ3) is 5.29. The fourth-order valence-corrected chi connectivity index (χ4v) is 11.3. The molecule has 0 aliphatic heterocycles. The van der Waals surface area contributed by atoms with Crippen molar-refractivity contribution >= 4 is 19.4 Å². The van der Waals surface area contributed by atoms with Crippen molar-refractivity contribution in [3.8, 4) is 44.7 Å². The summed E-state index contributed by atoms with van der Waals surface area (Å²) in [7, 11) is -1.77. The van der Waals surface area contributed by atoms with Crippen molar-refractivity contribution in [2.24, 2.45) is 0 Å². The van der Waals surface area contributed by atoms with Crippen LogP contribution in [0.5, 0.6) is 0 Å². The van der Waals surface area contributed by atoms with Gasteiger partial charge in [-0.15, -0.1) is 16.9 Å². The van der Waals surface area contributed by atoms with Crippen molar-refractivity contribution in [2.75, 3.05) is 0 Å². The average Bonchev–Trinajstić information content (AvgIpc) is 3.34. The number of aromatic nitrogens is 3. The fraction of sp³-hybridized carbons (Fsp3) is 0.300. The third-order valence-corrected chi connectivity index (χ3v) is 14.2. The van der Waals surface area contributed by atoms with Gasteiger partial charge >= 0.3 is 0 Å². The molecule has 5 heteroatoms. The molecule has 0 atom stereocenters. The van der Waals surface area contributed by atoms with Crippen molar-refractivity contribution in [1.29, 1.82) is 0 Å². The van der Waals surface area contributed by atoms with Gasteiger partial charge in [-0.05, 0) is 70.7 Å². The first-order chi connectivity index (χ1) is 16.8. The Morgan fingerprint density at radius 1 is 0.686 bits per heavy atom. The fourth-order valence-electron chi connectivity index (χ4n) is 5.13. The van der Waals surface area contributed by atoms with Crippen LogP contribution in [0.25, 0.3) is 33.2 Å². The molecular weight excluding hydrogens is 463 g/mol. The molecule has 0 saturated carbocycles. The largest absolute Gasteiger partial charge is 0.255 e. The highest BCUT2D eigenvalue weighted by molar-refractivity contribution is 7.16. The predicted molar refractivity (Wildman–Crippen MR) is 152 cm³/mol. The molecule has 0 unspecified atom stereocenters. The van der Waals surface area contributed by atoms with E-state index in [-0.39, 0.29) is 0 Å². The van der Waals surface area contributed by atoms with Crippen LogP contribution >= 0.6 is 11.3 Å². The summed E-state index contributed by atoms with van der Waals surface area (Å²) in [5.41, 5.74) is 10.2. The summed E-state index contributed by atoms with van der Waals surface area (Å²) in [5, 5.41) is 0. The molecule has 0 spiro atoms. The number of hydrogen-bond donors (Lipinski definition) is 0. The second-order valence-corrected chi connectivity index (χ2v) is 16.5. The quantitative estimate of drug-likeness (QED) is 0.199. The van der Waals surface area contributed by atoms with Crippen LogP contribution in [0.15, 0.2) is 73.1 Å². The van der Waals surface area contributed by atoms with Crippen LogP contribution in [0.3, 0.4) is 0 Å². The molecule has 4 rings (SSSR count). The van der Waals surface area contributed by atoms with Crippen molar-refractivity contribution in [3.05, 3.63) is 77.9 Å². The van der Waals surface area contributed by atoms with Crippen molar-refractivity contribution in [1.82, 2.24) is 15.0 Å². The molecule has 4 heterocycles. The normalized spacial score (nSPS) is 11.7. The van der Waals surface area contributed by atoms with E-state index in [4.69, 9.17) is 4.98 Å². The number of hydrogen-bond acceptors (Lipinski definition) is 4. The van der Waals surface area contributed by atoms with Gasteiger partial charge in [0.05, 0.1) is 27.7 Å². The Morgan fingerprint density at radius 3 is 1.69 bits per heavy atom. The number of pyridine rings is 3. The first-order valence-electron chi connectivity index (χ1n) is 12.3. The Bertz CT molecular complexity index is 1250. The van der Waals surface area contributed by atoms with E-state index in [1.165, 1.54) is 4.88 Å². The second kappa shape index (κ2) is 10.7. The van der Waals surface area contributed by atoms with Crippen LogP contribution in [0.1, 0.15) is 46.4 Å². The van der Waals surface area contributed by atoms with Crippen LogP contribution < -0.4 is 0 Å². The maximum Gasteiger partial charge on any atom is 0.146 e. The first-order valence-corrected chi connectivity index (χ1v) is 15.3. The molecule has 3 nitrogen and oxygen atoms in total. The second-order valence-electron chi connectivity index (χ2n) is 9.87. The standard InChI is InChI=1S/C30H33N3SSi/c1-21(2)35(22(3)4,23(5)6)18-15-25-13-14-30(34-25)24-19-28(26-11-7-9-16-31-26)33-29(20-24)27-12-8-10-17-32-27/h7-14,16-17,19-23H,1-6H3. The highest BCUT2D eigenvalue weighted by Gasteiger charge is 2.41. The van der Waals surface area contributed by atoms with Gasteiger partial charge in [-0.1, -0.05) is 59.6 Å². The third-order valence-electron chi connectivity index (χ3n) is 6.84. The summed E-state index contributed by atoms with van der Waals surface area (Å²) in [6.45, 7) is 14.1. The molecule has 0 saturated heterocycles. The molecular formula is C30H33N3SSi. The van der Waals surface area contributed by atoms with Gasteiger partial charge in [-0.3, -0.25) is 9.97 Å². The minimum atomic E-state index is -1.77. The first kappa shape index (κ1) is 25.0. The molecule has 35 heavy (non-hydrogen) atoms. The highest BCUT2D eigenvalue weighted by Crippen LogP contribution is 2.41. The van der Waals surface area contributed by atoms with Gasteiger partial charge < -0.3 is 0 Å². The molecule has 0 aliphatic rings. The van der Waals surface area contributed by atoms with Gasteiger partial charge in [0.15, 0.2) is 0 Å². The van der Waals surface area contributed by atoms with E-state index in [2.05, 4.69) is 87.2 Å². The van der Waals surface area contributed by atoms with Crippen molar-refractivity contribution in [3.63, 3.8) is 0 Å². The van der Waals surface area contributed by atoms with Crippen molar-refractivity contribution in [2.45, 2.75) is 58.2 Å². The van der Waals surface area contributed by atoms with Gasteiger partial charge in [-0.25, -0.2) is 4.98 Å². The lowest BCUT2D eigenvalue weighted by atomic mass is 10.1. The minimum absolute atomic E-state index is 0.622. The van der Waals surface area contributed by atoms with Crippen LogP contribution in [0.2, 0.25) is 16.6 Å². The van der Waals surface area contributed by atoms with E-state index < -0.39 is 8.07 Å². The Morgan fingerprint density at radius 2 is 1.23 bits per heavy atom. The molecule has 0 N–H and O–H groups in total. The van der Waals surface area contributed by atoms with E-state index in [1.807, 2.05) is 36.4 Å². The van der Waals surface area contributed by atoms with E-state index in [0.717, 1.165) is 33.2 Å². The molecule has 178 valence electrons. The van der Waals surface area contributed by atoms with Crippen molar-refractivity contribution < 1.29 is 0 Å². The Balaban J connectivity index is 1.77. The van der Waals surface area contributed by atoms with Crippen LogP contribution in [0.4, 0.5) is 0 Å². The van der Waals surface area contributed by atoms with Gasteiger partial charge in [0, 0.05) is 17.3 Å². The summed E-state index contributed by atoms with van der Waals surface area (Å²) >= 11 is 1.75. The van der Waals surface area contributed by atoms with Gasteiger partial charge in [0.2, 0.25) is 0 Å². The van der Waals surface area contributed by atoms with Gasteiger partial charge in [0.25, 0.3) is 0 Å². The summed E-state index contributed by atoms with van der Waals surface area (Å²) in [5.74, 6) is 3.60. The van der Waals surface area contributed by atoms with Crippen LogP contribution in [-0.2, 0) is 0 Å². The molecule has 0 fully saturated rings. The lowest BCUT2D eigenvalue weighted by molar-refractivity contribution is 0.838. The molecule has 4 aromatic rings. The SMILES string of the molecule is CC(C)[Si](C#Cc1ccc(-c2cc(-c3ccccn3)nc(-c3ccccn3)c2)s1)(C(C)C)C(C)C. The smallest absolute Gasteiger partial charge is 0.146 e. The van der Waals surface area contributed by atoms with E-state index >= 15 is 0 Å². The molecule has 0 aromatic carbocycles. The molecule has 4 aromatic heterocycles. The summed E-state index contributed by atoms with van der Waals surface area (Å²) < 4.78 is 0. The number of thiophene rings is 1. The summed E-state index contributed by atoms with van der Waals surface area (Å²) in [4.78, 5) is 16.3. The number of nitrogens with zero attached hydrogens (tertiary/aromatic N) is 3. The lowest BCUT2D eigenvalue weighted by Gasteiger charge is -2.38. The summed E-state index contributed by atoms with van der Waals surface area (Å²) in [6.07, 6.45) is 3.61. The lowest BCUT2D eigenvalue weighted by Crippen LogP contribution is -2.43. The average molecular weight is 496 g/mol. The van der Waals surface area contributed by atoms with Gasteiger partial charge in [-0.2, -0.15) is 0 Å². The molecule has 0 bridgehead atoms. The topological polar surface area (TPSA) is 38.7 Å². The van der Waals surface area contributed by atoms with E-state index in [0.29, 0.717) is 16.6 Å². The van der Waals surface area contributed by atoms with E-state index in [1.54, 1.807) is 23.7 Å². The Kier molecular flexibility index (Phi) is 7.64. The molecule has 0 amide bonds. The Labute approximate surface area is 214 Å². The van der Waals surface area contributed by atoms with Gasteiger partial charge in [0.1, 0.15) is 8.07 Å². The zero-order valence-corrected chi connectivity index (χ0v) is 23.2. The van der Waals surface area contributed by atoms with Crippen LogP contribution in [-0.4, -0.2) is 23.0 Å². The maximum absolute atomic E-state index is 4.89. The summed E-state index contributed by atoms with van der Waals surface area (Å²) in [6, 6.07) is 20.4. The Hall–Kier alpha value is -3.07. The number of rotatable bonds is 6. The minimum Gasteiger partial charge on any atom is -0.255 e. The molecule has 0 radical (unpaired) electrons. The van der Waals surface area contributed by atoms with E-state index in [9.17, 15) is 0 Å². The zero-order chi connectivity index (χ0) is 25.0. The molecule has 0 aliphatic carbocycles.